The van der Waals surface area contributed by atoms with Gasteiger partial charge in [0.15, 0.2) is 0 Å². The average Bonchev–Trinajstić information content (AvgIpc) is 2.99. The summed E-state index contributed by atoms with van der Waals surface area (Å²) in [6.45, 7) is 3.81. The zero-order valence-corrected chi connectivity index (χ0v) is 26.0. The van der Waals surface area contributed by atoms with Gasteiger partial charge in [-0.05, 0) is 60.9 Å². The van der Waals surface area contributed by atoms with E-state index in [0.29, 0.717) is 16.7 Å². The quantitative estimate of drug-likeness (QED) is 0.213. The molecule has 0 aliphatic rings. The minimum atomic E-state index is -4.13. The number of hydrogen-bond donors (Lipinski definition) is 1. The highest BCUT2D eigenvalue weighted by atomic mass is 79.9. The van der Waals surface area contributed by atoms with E-state index in [1.54, 1.807) is 42.5 Å². The SMILES string of the molecule is CCNC(=O)C(Cc1ccccc1)N(Cc1ccccc1C)C(=O)CN(c1cccc(Br)c1)S(=O)(=O)c1ccccc1. The van der Waals surface area contributed by atoms with Gasteiger partial charge in [0, 0.05) is 24.0 Å². The zero-order chi connectivity index (χ0) is 30.1. The molecule has 0 radical (unpaired) electrons. The van der Waals surface area contributed by atoms with E-state index in [4.69, 9.17) is 0 Å². The standard InChI is InChI=1S/C33H34BrN3O4S/c1-3-35-33(39)31(21-26-14-6-4-7-15-26)36(23-27-16-11-10-13-25(27)2)32(38)24-37(29-18-12-17-28(34)22-29)42(40,41)30-19-8-5-9-20-30/h4-20,22,31H,3,21,23-24H2,1-2H3,(H,35,39). The highest BCUT2D eigenvalue weighted by molar-refractivity contribution is 9.10. The fourth-order valence-corrected chi connectivity index (χ4v) is 6.51. The van der Waals surface area contributed by atoms with Gasteiger partial charge in [-0.2, -0.15) is 0 Å². The Morgan fingerprint density at radius 2 is 1.50 bits per heavy atom. The van der Waals surface area contributed by atoms with Crippen molar-refractivity contribution in [3.8, 4) is 0 Å². The Morgan fingerprint density at radius 3 is 2.14 bits per heavy atom. The molecule has 0 spiro atoms. The number of carbonyl (C=O) groups is 2. The molecule has 0 aromatic heterocycles. The Bertz CT molecular complexity index is 1610. The van der Waals surface area contributed by atoms with Crippen LogP contribution in [0.15, 0.2) is 119 Å². The van der Waals surface area contributed by atoms with Crippen molar-refractivity contribution in [2.45, 2.75) is 37.8 Å². The molecule has 1 N–H and O–H groups in total. The Hall–Kier alpha value is -3.95. The van der Waals surface area contributed by atoms with Crippen molar-refractivity contribution in [1.29, 1.82) is 0 Å². The number of halogens is 1. The lowest BCUT2D eigenvalue weighted by Gasteiger charge is -2.34. The number of rotatable bonds is 12. The molecule has 0 aliphatic carbocycles. The second-order valence-corrected chi connectivity index (χ2v) is 12.6. The molecule has 42 heavy (non-hydrogen) atoms. The Morgan fingerprint density at radius 1 is 0.857 bits per heavy atom. The fraction of sp³-hybridized carbons (Fsp3) is 0.212. The van der Waals surface area contributed by atoms with Gasteiger partial charge in [0.2, 0.25) is 11.8 Å². The van der Waals surface area contributed by atoms with Crippen LogP contribution in [0.1, 0.15) is 23.6 Å². The largest absolute Gasteiger partial charge is 0.355 e. The van der Waals surface area contributed by atoms with Crippen molar-refractivity contribution < 1.29 is 18.0 Å². The van der Waals surface area contributed by atoms with Crippen molar-refractivity contribution in [1.82, 2.24) is 10.2 Å². The predicted molar refractivity (Wildman–Crippen MR) is 169 cm³/mol. The zero-order valence-electron chi connectivity index (χ0n) is 23.6. The van der Waals surface area contributed by atoms with Crippen LogP contribution in [0, 0.1) is 6.92 Å². The number of hydrogen-bond acceptors (Lipinski definition) is 4. The third kappa shape index (κ3) is 7.66. The molecule has 1 unspecified atom stereocenters. The predicted octanol–water partition coefficient (Wildman–Crippen LogP) is 5.73. The molecule has 0 bridgehead atoms. The molecule has 4 aromatic rings. The molecular formula is C33H34BrN3O4S. The molecule has 7 nitrogen and oxygen atoms in total. The summed E-state index contributed by atoms with van der Waals surface area (Å²) < 4.78 is 29.7. The number of aryl methyl sites for hydroxylation is 1. The summed E-state index contributed by atoms with van der Waals surface area (Å²) in [5.41, 5.74) is 3.05. The smallest absolute Gasteiger partial charge is 0.264 e. The molecule has 4 aromatic carbocycles. The summed E-state index contributed by atoms with van der Waals surface area (Å²) >= 11 is 3.43. The highest BCUT2D eigenvalue weighted by Crippen LogP contribution is 2.27. The molecular weight excluding hydrogens is 614 g/mol. The van der Waals surface area contributed by atoms with Gasteiger partial charge < -0.3 is 10.2 Å². The number of anilines is 1. The maximum Gasteiger partial charge on any atom is 0.264 e. The summed E-state index contributed by atoms with van der Waals surface area (Å²) in [4.78, 5) is 29.5. The molecule has 0 saturated carbocycles. The van der Waals surface area contributed by atoms with Crippen LogP contribution in [0.5, 0.6) is 0 Å². The van der Waals surface area contributed by atoms with Crippen molar-refractivity contribution in [3.63, 3.8) is 0 Å². The van der Waals surface area contributed by atoms with Gasteiger partial charge >= 0.3 is 0 Å². The van der Waals surface area contributed by atoms with E-state index in [1.165, 1.54) is 17.0 Å². The number of carbonyl (C=O) groups excluding carboxylic acids is 2. The molecule has 4 rings (SSSR count). The van der Waals surface area contributed by atoms with Gasteiger partial charge in [-0.15, -0.1) is 0 Å². The topological polar surface area (TPSA) is 86.8 Å². The number of nitrogens with zero attached hydrogens (tertiary/aromatic N) is 2. The number of benzene rings is 4. The van der Waals surface area contributed by atoms with E-state index in [2.05, 4.69) is 21.2 Å². The minimum absolute atomic E-state index is 0.0628. The average molecular weight is 649 g/mol. The molecule has 2 amide bonds. The van der Waals surface area contributed by atoms with Crippen LogP contribution < -0.4 is 9.62 Å². The summed E-state index contributed by atoms with van der Waals surface area (Å²) in [5, 5.41) is 2.88. The van der Waals surface area contributed by atoms with Gasteiger partial charge in [-0.3, -0.25) is 13.9 Å². The summed E-state index contributed by atoms with van der Waals surface area (Å²) in [6.07, 6.45) is 0.270. The third-order valence-electron chi connectivity index (χ3n) is 6.93. The van der Waals surface area contributed by atoms with Gasteiger partial charge in [0.25, 0.3) is 10.0 Å². The van der Waals surface area contributed by atoms with Crippen molar-refractivity contribution in [2.75, 3.05) is 17.4 Å². The molecule has 0 fully saturated rings. The van der Waals surface area contributed by atoms with E-state index < -0.39 is 28.5 Å². The third-order valence-corrected chi connectivity index (χ3v) is 9.21. The lowest BCUT2D eigenvalue weighted by Crippen LogP contribution is -2.53. The summed E-state index contributed by atoms with van der Waals surface area (Å²) in [5.74, 6) is -0.798. The van der Waals surface area contributed by atoms with Crippen molar-refractivity contribution in [2.24, 2.45) is 0 Å². The van der Waals surface area contributed by atoms with Crippen LogP contribution >= 0.6 is 15.9 Å². The van der Waals surface area contributed by atoms with Crippen LogP contribution in [0.4, 0.5) is 5.69 Å². The Labute approximate surface area is 256 Å². The molecule has 218 valence electrons. The van der Waals surface area contributed by atoms with E-state index in [9.17, 15) is 18.0 Å². The first-order valence-corrected chi connectivity index (χ1v) is 15.9. The van der Waals surface area contributed by atoms with E-state index >= 15 is 0 Å². The fourth-order valence-electron chi connectivity index (χ4n) is 4.70. The molecule has 1 atom stereocenters. The van der Waals surface area contributed by atoms with Gasteiger partial charge in [-0.25, -0.2) is 8.42 Å². The van der Waals surface area contributed by atoms with Crippen LogP contribution in [0.25, 0.3) is 0 Å². The van der Waals surface area contributed by atoms with Crippen LogP contribution in [-0.4, -0.2) is 44.3 Å². The van der Waals surface area contributed by atoms with Crippen molar-refractivity contribution in [3.05, 3.63) is 130 Å². The monoisotopic (exact) mass is 647 g/mol. The maximum absolute atomic E-state index is 14.4. The number of sulfonamides is 1. The van der Waals surface area contributed by atoms with E-state index in [0.717, 1.165) is 21.0 Å². The van der Waals surface area contributed by atoms with E-state index in [1.807, 2.05) is 68.4 Å². The first-order chi connectivity index (χ1) is 20.2. The second-order valence-electron chi connectivity index (χ2n) is 9.85. The minimum Gasteiger partial charge on any atom is -0.355 e. The number of likely N-dealkylation sites (N-methyl/N-ethyl adjacent to an activating group) is 1. The normalized spacial score (nSPS) is 11.9. The van der Waals surface area contributed by atoms with Crippen molar-refractivity contribution >= 4 is 43.5 Å². The lowest BCUT2D eigenvalue weighted by atomic mass is 10.0. The molecule has 0 saturated heterocycles. The first kappa shape index (κ1) is 31.0. The van der Waals surface area contributed by atoms with Gasteiger partial charge in [0.1, 0.15) is 12.6 Å². The van der Waals surface area contributed by atoms with E-state index in [-0.39, 0.29) is 23.8 Å². The maximum atomic E-state index is 14.4. The van der Waals surface area contributed by atoms with Crippen LogP contribution in [0.3, 0.4) is 0 Å². The first-order valence-electron chi connectivity index (χ1n) is 13.7. The summed E-state index contributed by atoms with van der Waals surface area (Å²) in [6, 6.07) is 31.1. The summed E-state index contributed by atoms with van der Waals surface area (Å²) in [7, 11) is -4.13. The number of amides is 2. The molecule has 0 aliphatic heterocycles. The van der Waals surface area contributed by atoms with Crippen LogP contribution in [0.2, 0.25) is 0 Å². The molecule has 0 heterocycles. The number of nitrogens with one attached hydrogen (secondary N) is 1. The molecule has 9 heteroatoms. The van der Waals surface area contributed by atoms with Gasteiger partial charge in [-0.1, -0.05) is 94.8 Å². The second kappa shape index (κ2) is 14.3. The Kier molecular flexibility index (Phi) is 10.5. The van der Waals surface area contributed by atoms with Crippen LogP contribution in [-0.2, 0) is 32.6 Å². The Balaban J connectivity index is 1.80. The lowest BCUT2D eigenvalue weighted by molar-refractivity contribution is -0.140. The van der Waals surface area contributed by atoms with Gasteiger partial charge in [0.05, 0.1) is 10.6 Å². The highest BCUT2D eigenvalue weighted by Gasteiger charge is 2.34.